The molecule has 2 rings (SSSR count). The first-order valence-electron chi connectivity index (χ1n) is 5.61. The van der Waals surface area contributed by atoms with Gasteiger partial charge in [-0.2, -0.15) is 0 Å². The van der Waals surface area contributed by atoms with Crippen molar-refractivity contribution in [2.75, 3.05) is 0 Å². The predicted octanol–water partition coefficient (Wildman–Crippen LogP) is 2.38. The maximum absolute atomic E-state index is 10.6. The third kappa shape index (κ3) is 3.59. The Hall–Kier alpha value is -1.79. The van der Waals surface area contributed by atoms with Crippen molar-refractivity contribution >= 4 is 21.9 Å². The monoisotopic (exact) mass is 321 g/mol. The van der Waals surface area contributed by atoms with Gasteiger partial charge in [0.1, 0.15) is 0 Å². The summed E-state index contributed by atoms with van der Waals surface area (Å²) in [5, 5.41) is 8.68. The average Bonchev–Trinajstić information content (AvgIpc) is 2.39. The van der Waals surface area contributed by atoms with Crippen LogP contribution in [0.2, 0.25) is 0 Å². The van der Waals surface area contributed by atoms with Crippen molar-refractivity contribution < 1.29 is 9.90 Å². The van der Waals surface area contributed by atoms with Crippen LogP contribution in [0.1, 0.15) is 18.0 Å². The Labute approximate surface area is 118 Å². The van der Waals surface area contributed by atoms with Crippen LogP contribution in [0.25, 0.3) is 11.4 Å². The number of hydrogen-bond donors (Lipinski definition) is 2. The Balaban J connectivity index is 2.18. The normalized spacial score (nSPS) is 12.1. The zero-order valence-corrected chi connectivity index (χ0v) is 11.5. The van der Waals surface area contributed by atoms with Crippen LogP contribution in [0.15, 0.2) is 41.1 Å². The van der Waals surface area contributed by atoms with Gasteiger partial charge in [0.15, 0.2) is 5.82 Å². The Morgan fingerprint density at radius 2 is 1.84 bits per heavy atom. The van der Waals surface area contributed by atoms with E-state index in [0.29, 0.717) is 11.4 Å². The fourth-order valence-corrected chi connectivity index (χ4v) is 1.85. The number of aliphatic carboxylic acids is 1. The van der Waals surface area contributed by atoms with Gasteiger partial charge in [-0.3, -0.25) is 4.79 Å². The smallest absolute Gasteiger partial charge is 0.305 e. The summed E-state index contributed by atoms with van der Waals surface area (Å²) in [6.07, 6.45) is 3.00. The van der Waals surface area contributed by atoms with E-state index in [-0.39, 0.29) is 6.42 Å². The molecule has 0 spiro atoms. The van der Waals surface area contributed by atoms with Gasteiger partial charge in [0.25, 0.3) is 0 Å². The molecule has 3 N–H and O–H groups in total. The standard InChI is InChI=1S/C13H12BrN3O2/c14-10-3-1-8(2-4-10)13-16-6-9(7-17-13)11(15)5-12(18)19/h1-4,6-7,11H,5,15H2,(H,18,19)/t11-/m0/s1. The quantitative estimate of drug-likeness (QED) is 0.902. The second-order valence-corrected chi connectivity index (χ2v) is 4.97. The van der Waals surface area contributed by atoms with Gasteiger partial charge in [0.2, 0.25) is 0 Å². The molecule has 6 heteroatoms. The molecule has 0 radical (unpaired) electrons. The van der Waals surface area contributed by atoms with Crippen molar-refractivity contribution in [2.45, 2.75) is 12.5 Å². The molecule has 0 bridgehead atoms. The number of carboxylic acid groups (broad SMARTS) is 1. The zero-order valence-electron chi connectivity index (χ0n) is 9.95. The summed E-state index contributed by atoms with van der Waals surface area (Å²) >= 11 is 3.36. The molecule has 5 nitrogen and oxygen atoms in total. The lowest BCUT2D eigenvalue weighted by atomic mass is 10.1. The van der Waals surface area contributed by atoms with E-state index in [2.05, 4.69) is 25.9 Å². The van der Waals surface area contributed by atoms with E-state index in [4.69, 9.17) is 10.8 Å². The maximum Gasteiger partial charge on any atom is 0.305 e. The molecule has 1 atom stereocenters. The number of nitrogens with two attached hydrogens (primary N) is 1. The molecular formula is C13H12BrN3O2. The number of rotatable bonds is 4. The lowest BCUT2D eigenvalue weighted by Crippen LogP contribution is -2.15. The summed E-state index contributed by atoms with van der Waals surface area (Å²) in [6.45, 7) is 0. The first-order valence-corrected chi connectivity index (χ1v) is 6.41. The minimum Gasteiger partial charge on any atom is -0.481 e. The highest BCUT2D eigenvalue weighted by Crippen LogP contribution is 2.19. The van der Waals surface area contributed by atoms with Crippen LogP contribution in [0.3, 0.4) is 0 Å². The zero-order chi connectivity index (χ0) is 13.8. The van der Waals surface area contributed by atoms with E-state index in [9.17, 15) is 4.79 Å². The van der Waals surface area contributed by atoms with Crippen molar-refractivity contribution in [3.8, 4) is 11.4 Å². The molecule has 2 aromatic rings. The lowest BCUT2D eigenvalue weighted by molar-refractivity contribution is -0.137. The molecule has 0 amide bonds. The number of halogens is 1. The largest absolute Gasteiger partial charge is 0.481 e. The van der Waals surface area contributed by atoms with Gasteiger partial charge in [0.05, 0.1) is 6.42 Å². The predicted molar refractivity (Wildman–Crippen MR) is 74.3 cm³/mol. The molecule has 0 aliphatic carbocycles. The summed E-state index contributed by atoms with van der Waals surface area (Å²) < 4.78 is 0.983. The van der Waals surface area contributed by atoms with Crippen molar-refractivity contribution in [1.29, 1.82) is 0 Å². The van der Waals surface area contributed by atoms with E-state index in [1.165, 1.54) is 0 Å². The number of carbonyl (C=O) groups is 1. The van der Waals surface area contributed by atoms with Crippen LogP contribution >= 0.6 is 15.9 Å². The van der Waals surface area contributed by atoms with Crippen LogP contribution in [0, 0.1) is 0 Å². The molecule has 0 fully saturated rings. The van der Waals surface area contributed by atoms with Gasteiger partial charge in [-0.25, -0.2) is 9.97 Å². The summed E-state index contributed by atoms with van der Waals surface area (Å²) in [6, 6.07) is 7.02. The molecule has 0 saturated carbocycles. The highest BCUT2D eigenvalue weighted by atomic mass is 79.9. The van der Waals surface area contributed by atoms with Crippen molar-refractivity contribution in [3.05, 3.63) is 46.7 Å². The van der Waals surface area contributed by atoms with Gasteiger partial charge >= 0.3 is 5.97 Å². The summed E-state index contributed by atoms with van der Waals surface area (Å²) in [5.41, 5.74) is 7.24. The molecule has 0 saturated heterocycles. The summed E-state index contributed by atoms with van der Waals surface area (Å²) in [4.78, 5) is 19.0. The fourth-order valence-electron chi connectivity index (χ4n) is 1.58. The molecule has 1 aromatic carbocycles. The number of nitrogens with zero attached hydrogens (tertiary/aromatic N) is 2. The van der Waals surface area contributed by atoms with Crippen LogP contribution in [-0.2, 0) is 4.79 Å². The third-order valence-electron chi connectivity index (χ3n) is 2.60. The minimum absolute atomic E-state index is 0.138. The maximum atomic E-state index is 10.6. The molecule has 98 valence electrons. The van der Waals surface area contributed by atoms with Crippen molar-refractivity contribution in [3.63, 3.8) is 0 Å². The average molecular weight is 322 g/mol. The number of hydrogen-bond acceptors (Lipinski definition) is 4. The van der Waals surface area contributed by atoms with E-state index in [1.807, 2.05) is 24.3 Å². The highest BCUT2D eigenvalue weighted by Gasteiger charge is 2.11. The van der Waals surface area contributed by atoms with Crippen molar-refractivity contribution in [2.24, 2.45) is 5.73 Å². The molecule has 0 unspecified atom stereocenters. The fraction of sp³-hybridized carbons (Fsp3) is 0.154. The van der Waals surface area contributed by atoms with Gasteiger partial charge in [-0.15, -0.1) is 0 Å². The first kappa shape index (κ1) is 13.6. The first-order chi connectivity index (χ1) is 9.06. The Bertz CT molecular complexity index is 569. The van der Waals surface area contributed by atoms with Gasteiger partial charge in [-0.1, -0.05) is 28.1 Å². The lowest BCUT2D eigenvalue weighted by Gasteiger charge is -2.08. The second kappa shape index (κ2) is 5.90. The third-order valence-corrected chi connectivity index (χ3v) is 3.13. The van der Waals surface area contributed by atoms with E-state index < -0.39 is 12.0 Å². The van der Waals surface area contributed by atoms with E-state index in [0.717, 1.165) is 10.0 Å². The minimum atomic E-state index is -0.940. The molecule has 0 aliphatic rings. The van der Waals surface area contributed by atoms with Crippen molar-refractivity contribution in [1.82, 2.24) is 9.97 Å². The second-order valence-electron chi connectivity index (χ2n) is 4.05. The van der Waals surface area contributed by atoms with Crippen LogP contribution in [0.5, 0.6) is 0 Å². The molecule has 1 heterocycles. The highest BCUT2D eigenvalue weighted by molar-refractivity contribution is 9.10. The molecule has 19 heavy (non-hydrogen) atoms. The number of benzene rings is 1. The number of carboxylic acids is 1. The topological polar surface area (TPSA) is 89.1 Å². The molecular weight excluding hydrogens is 310 g/mol. The molecule has 0 aliphatic heterocycles. The molecule has 1 aromatic heterocycles. The van der Waals surface area contributed by atoms with E-state index >= 15 is 0 Å². The summed E-state index contributed by atoms with van der Waals surface area (Å²) in [5.74, 6) is -0.358. The van der Waals surface area contributed by atoms with Crippen LogP contribution < -0.4 is 5.73 Å². The number of aromatic nitrogens is 2. The van der Waals surface area contributed by atoms with Gasteiger partial charge < -0.3 is 10.8 Å². The Kier molecular flexibility index (Phi) is 4.24. The van der Waals surface area contributed by atoms with Gasteiger partial charge in [-0.05, 0) is 12.1 Å². The Morgan fingerprint density at radius 3 is 2.37 bits per heavy atom. The summed E-state index contributed by atoms with van der Waals surface area (Å²) in [7, 11) is 0. The van der Waals surface area contributed by atoms with Gasteiger partial charge in [0, 0.05) is 34.0 Å². The SMILES string of the molecule is N[C@@H](CC(=O)O)c1cnc(-c2ccc(Br)cc2)nc1. The van der Waals surface area contributed by atoms with Crippen LogP contribution in [-0.4, -0.2) is 21.0 Å². The van der Waals surface area contributed by atoms with E-state index in [1.54, 1.807) is 12.4 Å². The van der Waals surface area contributed by atoms with Crippen LogP contribution in [0.4, 0.5) is 0 Å². The Morgan fingerprint density at radius 1 is 1.26 bits per heavy atom.